The molecule has 0 unspecified atom stereocenters. The van der Waals surface area contributed by atoms with Crippen molar-refractivity contribution in [3.63, 3.8) is 0 Å². The summed E-state index contributed by atoms with van der Waals surface area (Å²) in [5.74, 6) is 2.70. The number of aromatic nitrogens is 3. The van der Waals surface area contributed by atoms with Crippen molar-refractivity contribution >= 4 is 0 Å². The lowest BCUT2D eigenvalue weighted by molar-refractivity contribution is 0.177. The van der Waals surface area contributed by atoms with Gasteiger partial charge in [0, 0.05) is 19.7 Å². The van der Waals surface area contributed by atoms with Gasteiger partial charge in [-0.15, -0.1) is 0 Å². The highest BCUT2D eigenvalue weighted by atomic mass is 16.5. The number of hydrogen-bond acceptors (Lipinski definition) is 4. The normalized spacial score (nSPS) is 30.2. The van der Waals surface area contributed by atoms with Gasteiger partial charge < -0.3 is 10.1 Å². The Bertz CT molecular complexity index is 445. The predicted molar refractivity (Wildman–Crippen MR) is 77.3 cm³/mol. The van der Waals surface area contributed by atoms with Crippen LogP contribution in [0.5, 0.6) is 0 Å². The van der Waals surface area contributed by atoms with E-state index >= 15 is 0 Å². The fourth-order valence-corrected chi connectivity index (χ4v) is 3.57. The highest BCUT2D eigenvalue weighted by Gasteiger charge is 2.29. The van der Waals surface area contributed by atoms with Gasteiger partial charge in [-0.1, -0.05) is 19.8 Å². The molecule has 20 heavy (non-hydrogen) atoms. The van der Waals surface area contributed by atoms with Crippen LogP contribution in [0.2, 0.25) is 0 Å². The maximum Gasteiger partial charge on any atom is 0.176 e. The van der Waals surface area contributed by atoms with E-state index in [9.17, 15) is 0 Å². The summed E-state index contributed by atoms with van der Waals surface area (Å²) >= 11 is 0. The van der Waals surface area contributed by atoms with Gasteiger partial charge in [0.1, 0.15) is 12.4 Å². The highest BCUT2D eigenvalue weighted by Crippen LogP contribution is 2.29. The lowest BCUT2D eigenvalue weighted by Gasteiger charge is -2.34. The van der Waals surface area contributed by atoms with Crippen LogP contribution in [0.15, 0.2) is 0 Å². The van der Waals surface area contributed by atoms with E-state index in [4.69, 9.17) is 4.74 Å². The van der Waals surface area contributed by atoms with Crippen LogP contribution >= 0.6 is 0 Å². The van der Waals surface area contributed by atoms with E-state index < -0.39 is 0 Å². The molecule has 0 saturated heterocycles. The van der Waals surface area contributed by atoms with Crippen molar-refractivity contribution < 1.29 is 4.74 Å². The number of methoxy groups -OCH3 is 1. The van der Waals surface area contributed by atoms with Gasteiger partial charge in [0.25, 0.3) is 0 Å². The third-order valence-electron chi connectivity index (χ3n) is 4.72. The van der Waals surface area contributed by atoms with Crippen LogP contribution in [-0.4, -0.2) is 27.9 Å². The molecule has 1 aromatic heterocycles. The summed E-state index contributed by atoms with van der Waals surface area (Å²) in [4.78, 5) is 4.68. The van der Waals surface area contributed by atoms with Gasteiger partial charge in [-0.05, 0) is 31.6 Å². The smallest absolute Gasteiger partial charge is 0.176 e. The number of hydrogen-bond donors (Lipinski definition) is 1. The summed E-state index contributed by atoms with van der Waals surface area (Å²) in [7, 11) is 1.69. The zero-order chi connectivity index (χ0) is 13.9. The molecule has 2 heterocycles. The van der Waals surface area contributed by atoms with E-state index in [1.807, 2.05) is 0 Å². The summed E-state index contributed by atoms with van der Waals surface area (Å²) < 4.78 is 7.22. The Morgan fingerprint density at radius 3 is 2.90 bits per heavy atom. The lowest BCUT2D eigenvalue weighted by Crippen LogP contribution is -2.41. The number of ether oxygens (including phenoxy) is 1. The first-order valence-electron chi connectivity index (χ1n) is 7.96. The van der Waals surface area contributed by atoms with Crippen molar-refractivity contribution in [1.82, 2.24) is 20.1 Å². The Hall–Kier alpha value is -0.940. The Labute approximate surface area is 121 Å². The average Bonchev–Trinajstić information content (AvgIpc) is 2.85. The summed E-state index contributed by atoms with van der Waals surface area (Å²) in [6.07, 6.45) is 7.76. The second kappa shape index (κ2) is 6.22. The average molecular weight is 278 g/mol. The topological polar surface area (TPSA) is 52.0 Å². The molecule has 3 atom stereocenters. The van der Waals surface area contributed by atoms with E-state index in [1.165, 1.54) is 38.5 Å². The zero-order valence-corrected chi connectivity index (χ0v) is 12.6. The van der Waals surface area contributed by atoms with Gasteiger partial charge in [0.05, 0.1) is 6.04 Å². The van der Waals surface area contributed by atoms with Crippen molar-refractivity contribution in [2.75, 3.05) is 7.11 Å². The van der Waals surface area contributed by atoms with Crippen molar-refractivity contribution in [2.45, 2.75) is 70.7 Å². The van der Waals surface area contributed by atoms with Crippen LogP contribution in [0.25, 0.3) is 0 Å². The fraction of sp³-hybridized carbons (Fsp3) is 0.867. The molecule has 1 aromatic rings. The number of nitrogens with zero attached hydrogens (tertiary/aromatic N) is 3. The molecule has 1 aliphatic carbocycles. The molecule has 0 aromatic carbocycles. The fourth-order valence-electron chi connectivity index (χ4n) is 3.57. The van der Waals surface area contributed by atoms with Gasteiger partial charge in [0.2, 0.25) is 0 Å². The monoisotopic (exact) mass is 278 g/mol. The number of nitrogens with one attached hydrogen (secondary N) is 1. The molecule has 5 heteroatoms. The molecule has 3 rings (SSSR count). The van der Waals surface area contributed by atoms with Crippen LogP contribution in [0.4, 0.5) is 0 Å². The summed E-state index contributed by atoms with van der Waals surface area (Å²) in [6, 6.07) is 1.01. The van der Waals surface area contributed by atoms with Crippen LogP contribution < -0.4 is 5.32 Å². The molecule has 0 bridgehead atoms. The summed E-state index contributed by atoms with van der Waals surface area (Å²) in [5.41, 5.74) is 0. The summed E-state index contributed by atoms with van der Waals surface area (Å²) in [5, 5.41) is 8.40. The van der Waals surface area contributed by atoms with Crippen LogP contribution in [-0.2, 0) is 17.9 Å². The maximum atomic E-state index is 5.15. The van der Waals surface area contributed by atoms with Crippen molar-refractivity contribution in [1.29, 1.82) is 0 Å². The van der Waals surface area contributed by atoms with Gasteiger partial charge in [-0.25, -0.2) is 9.67 Å². The Morgan fingerprint density at radius 2 is 2.10 bits per heavy atom. The number of aryl methyl sites for hydroxylation is 1. The SMILES string of the molecule is COCc1nc2n(n1)CCC[C@@H]2N[C@H]1CCCC[C@H]1C. The largest absolute Gasteiger partial charge is 0.377 e. The molecule has 112 valence electrons. The second-order valence-electron chi connectivity index (χ2n) is 6.27. The zero-order valence-electron chi connectivity index (χ0n) is 12.6. The Balaban J connectivity index is 1.72. The van der Waals surface area contributed by atoms with Gasteiger partial charge in [-0.2, -0.15) is 5.10 Å². The third kappa shape index (κ3) is 2.88. The molecular formula is C15H26N4O. The van der Waals surface area contributed by atoms with E-state index in [0.717, 1.165) is 24.1 Å². The van der Waals surface area contributed by atoms with Crippen LogP contribution in [0, 0.1) is 5.92 Å². The minimum Gasteiger partial charge on any atom is -0.377 e. The van der Waals surface area contributed by atoms with Crippen molar-refractivity contribution in [2.24, 2.45) is 5.92 Å². The molecular weight excluding hydrogens is 252 g/mol. The van der Waals surface area contributed by atoms with Gasteiger partial charge >= 0.3 is 0 Å². The van der Waals surface area contributed by atoms with Gasteiger partial charge in [0.15, 0.2) is 5.82 Å². The first-order chi connectivity index (χ1) is 9.78. The van der Waals surface area contributed by atoms with E-state index in [0.29, 0.717) is 18.7 Å². The molecule has 5 nitrogen and oxygen atoms in total. The third-order valence-corrected chi connectivity index (χ3v) is 4.72. The first-order valence-corrected chi connectivity index (χ1v) is 7.96. The number of fused-ring (bicyclic) bond motifs is 1. The van der Waals surface area contributed by atoms with Crippen LogP contribution in [0.3, 0.4) is 0 Å². The lowest BCUT2D eigenvalue weighted by atomic mass is 9.85. The van der Waals surface area contributed by atoms with Gasteiger partial charge in [-0.3, -0.25) is 0 Å². The summed E-state index contributed by atoms with van der Waals surface area (Å²) in [6.45, 7) is 3.87. The van der Waals surface area contributed by atoms with E-state index in [-0.39, 0.29) is 0 Å². The second-order valence-corrected chi connectivity index (χ2v) is 6.27. The molecule has 0 amide bonds. The molecule has 0 radical (unpaired) electrons. The molecule has 1 saturated carbocycles. The maximum absolute atomic E-state index is 5.15. The minimum absolute atomic E-state index is 0.368. The Morgan fingerprint density at radius 1 is 1.25 bits per heavy atom. The predicted octanol–water partition coefficient (Wildman–Crippen LogP) is 2.43. The van der Waals surface area contributed by atoms with Crippen molar-refractivity contribution in [3.8, 4) is 0 Å². The van der Waals surface area contributed by atoms with E-state index in [2.05, 4.69) is 27.0 Å². The number of rotatable bonds is 4. The minimum atomic E-state index is 0.368. The highest BCUT2D eigenvalue weighted by molar-refractivity contribution is 5.03. The molecule has 1 fully saturated rings. The van der Waals surface area contributed by atoms with E-state index in [1.54, 1.807) is 7.11 Å². The molecule has 2 aliphatic rings. The molecule has 1 N–H and O–H groups in total. The first kappa shape index (κ1) is 14.0. The standard InChI is InChI=1S/C15H26N4O/c1-11-6-3-4-7-12(11)16-13-8-5-9-19-15(13)17-14(18-19)10-20-2/h11-13,16H,3-10H2,1-2H3/t11-,12+,13+/m1/s1. The molecule has 0 spiro atoms. The Kier molecular flexibility index (Phi) is 4.36. The van der Waals surface area contributed by atoms with Crippen LogP contribution in [0.1, 0.15) is 63.1 Å². The quantitative estimate of drug-likeness (QED) is 0.919. The molecule has 1 aliphatic heterocycles. The van der Waals surface area contributed by atoms with Crippen molar-refractivity contribution in [3.05, 3.63) is 11.6 Å².